The number of amides is 1. The highest BCUT2D eigenvalue weighted by Gasteiger charge is 2.26. The normalized spacial score (nSPS) is 13.6. The van der Waals surface area contributed by atoms with Crippen LogP contribution in [0.5, 0.6) is 0 Å². The fourth-order valence-corrected chi connectivity index (χ4v) is 3.79. The van der Waals surface area contributed by atoms with Crippen molar-refractivity contribution in [2.45, 2.75) is 51.4 Å². The number of anilines is 1. The molecule has 1 aliphatic carbocycles. The largest absolute Gasteiger partial charge is 0.318 e. The van der Waals surface area contributed by atoms with E-state index in [4.69, 9.17) is 0 Å². The van der Waals surface area contributed by atoms with Crippen LogP contribution in [-0.4, -0.2) is 36.3 Å². The quantitative estimate of drug-likeness (QED) is 0.375. The van der Waals surface area contributed by atoms with Gasteiger partial charge in [-0.15, -0.1) is 0 Å². The van der Waals surface area contributed by atoms with E-state index in [1.807, 2.05) is 26.8 Å². The lowest BCUT2D eigenvalue weighted by molar-refractivity contribution is 0.102. The summed E-state index contributed by atoms with van der Waals surface area (Å²) in [4.78, 5) is 33.5. The van der Waals surface area contributed by atoms with E-state index in [2.05, 4.69) is 35.7 Å². The maximum atomic E-state index is 14.5. The van der Waals surface area contributed by atoms with E-state index < -0.39 is 11.7 Å². The molecular weight excluding hydrogens is 461 g/mol. The van der Waals surface area contributed by atoms with Gasteiger partial charge in [0, 0.05) is 40.8 Å². The number of carbonyl (C=O) groups excluding carboxylic acids is 1. The number of halogens is 1. The van der Waals surface area contributed by atoms with Crippen LogP contribution in [0, 0.1) is 5.82 Å². The molecule has 0 unspecified atom stereocenters. The van der Waals surface area contributed by atoms with Gasteiger partial charge in [0.05, 0.1) is 29.0 Å². The minimum atomic E-state index is -0.610. The summed E-state index contributed by atoms with van der Waals surface area (Å²) in [6.07, 6.45) is 5.56. The summed E-state index contributed by atoms with van der Waals surface area (Å²) in [5.74, 6) is -0.683. The number of rotatable bonds is 6. The van der Waals surface area contributed by atoms with Crippen LogP contribution >= 0.6 is 0 Å². The maximum Gasteiger partial charge on any atom is 0.275 e. The fourth-order valence-electron chi connectivity index (χ4n) is 3.79. The van der Waals surface area contributed by atoms with Gasteiger partial charge in [-0.05, 0) is 43.2 Å². The fraction of sp³-hybridized carbons (Fsp3) is 0.308. The number of hydrogen-bond acceptors (Lipinski definition) is 6. The van der Waals surface area contributed by atoms with Gasteiger partial charge in [-0.2, -0.15) is 10.2 Å². The monoisotopic (exact) mass is 487 g/mol. The van der Waals surface area contributed by atoms with Crippen molar-refractivity contribution in [2.75, 3.05) is 5.32 Å². The summed E-state index contributed by atoms with van der Waals surface area (Å²) in [6, 6.07) is 7.89. The lowest BCUT2D eigenvalue weighted by atomic mass is 9.93. The molecule has 1 aliphatic rings. The highest BCUT2D eigenvalue weighted by Crippen LogP contribution is 2.39. The first-order valence-corrected chi connectivity index (χ1v) is 11.7. The zero-order valence-corrected chi connectivity index (χ0v) is 20.2. The van der Waals surface area contributed by atoms with Crippen LogP contribution in [0.4, 0.5) is 10.1 Å². The molecule has 0 saturated heterocycles. The molecule has 3 aromatic heterocycles. The van der Waals surface area contributed by atoms with Crippen LogP contribution in [-0.2, 0) is 11.8 Å². The van der Waals surface area contributed by atoms with Crippen LogP contribution < -0.4 is 10.9 Å². The van der Waals surface area contributed by atoms with Crippen LogP contribution in [0.15, 0.2) is 47.5 Å². The number of H-pyrrole nitrogens is 2. The lowest BCUT2D eigenvalue weighted by Gasteiger charge is -2.16. The Balaban J connectivity index is 1.36. The summed E-state index contributed by atoms with van der Waals surface area (Å²) in [7, 11) is 0. The number of benzene rings is 1. The minimum Gasteiger partial charge on any atom is -0.318 e. The number of nitrogens with zero attached hydrogens (tertiary/aromatic N) is 4. The zero-order chi connectivity index (χ0) is 25.4. The third-order valence-corrected chi connectivity index (χ3v) is 6.07. The molecule has 9 nitrogen and oxygen atoms in total. The summed E-state index contributed by atoms with van der Waals surface area (Å²) < 4.78 is 14.5. The van der Waals surface area contributed by atoms with Crippen molar-refractivity contribution >= 4 is 11.6 Å². The van der Waals surface area contributed by atoms with Crippen LogP contribution in [0.2, 0.25) is 0 Å². The summed E-state index contributed by atoms with van der Waals surface area (Å²) in [6.45, 7) is 5.98. The second kappa shape index (κ2) is 9.10. The van der Waals surface area contributed by atoms with Gasteiger partial charge in [-0.25, -0.2) is 14.5 Å². The second-order valence-corrected chi connectivity index (χ2v) is 10.1. The number of aromatic nitrogens is 6. The molecule has 1 fully saturated rings. The van der Waals surface area contributed by atoms with Crippen molar-refractivity contribution in [2.24, 2.45) is 0 Å². The van der Waals surface area contributed by atoms with E-state index in [0.717, 1.165) is 29.9 Å². The molecule has 184 valence electrons. The summed E-state index contributed by atoms with van der Waals surface area (Å²) in [5, 5.41) is 16.5. The Labute approximate surface area is 206 Å². The Bertz CT molecular complexity index is 1480. The van der Waals surface area contributed by atoms with Gasteiger partial charge in [0.2, 0.25) is 0 Å². The first-order valence-electron chi connectivity index (χ1n) is 11.7. The Morgan fingerprint density at radius 3 is 2.58 bits per heavy atom. The smallest absolute Gasteiger partial charge is 0.275 e. The summed E-state index contributed by atoms with van der Waals surface area (Å²) >= 11 is 0. The molecule has 3 heterocycles. The third-order valence-electron chi connectivity index (χ3n) is 6.07. The maximum absolute atomic E-state index is 14.5. The van der Waals surface area contributed by atoms with Crippen molar-refractivity contribution in [1.29, 1.82) is 0 Å². The predicted octanol–water partition coefficient (Wildman–Crippen LogP) is 4.11. The third kappa shape index (κ3) is 5.07. The van der Waals surface area contributed by atoms with Crippen molar-refractivity contribution < 1.29 is 9.18 Å². The molecule has 1 aromatic carbocycles. The first-order chi connectivity index (χ1) is 17.2. The van der Waals surface area contributed by atoms with Crippen molar-refractivity contribution in [1.82, 2.24) is 30.4 Å². The first kappa shape index (κ1) is 23.5. The van der Waals surface area contributed by atoms with Crippen molar-refractivity contribution in [3.05, 3.63) is 87.2 Å². The van der Waals surface area contributed by atoms with Gasteiger partial charge in [0.25, 0.3) is 11.5 Å². The zero-order valence-electron chi connectivity index (χ0n) is 20.2. The van der Waals surface area contributed by atoms with E-state index in [-0.39, 0.29) is 22.4 Å². The van der Waals surface area contributed by atoms with Gasteiger partial charge in [0.1, 0.15) is 11.5 Å². The van der Waals surface area contributed by atoms with Gasteiger partial charge in [-0.1, -0.05) is 20.8 Å². The Morgan fingerprint density at radius 1 is 1.08 bits per heavy atom. The minimum absolute atomic E-state index is 0.0311. The lowest BCUT2D eigenvalue weighted by Crippen LogP contribution is -2.18. The molecule has 5 rings (SSSR count). The average Bonchev–Trinajstić information content (AvgIpc) is 3.60. The van der Waals surface area contributed by atoms with Gasteiger partial charge >= 0.3 is 0 Å². The highest BCUT2D eigenvalue weighted by atomic mass is 19.1. The van der Waals surface area contributed by atoms with E-state index >= 15 is 0 Å². The number of carbonyl (C=O) groups is 1. The molecule has 4 aromatic rings. The number of aromatic amines is 2. The molecule has 0 aliphatic heterocycles. The number of nitrogens with one attached hydrogen (secondary N) is 3. The van der Waals surface area contributed by atoms with Crippen molar-refractivity contribution in [3.8, 4) is 11.3 Å². The molecule has 0 radical (unpaired) electrons. The molecule has 0 bridgehead atoms. The highest BCUT2D eigenvalue weighted by molar-refractivity contribution is 6.03. The van der Waals surface area contributed by atoms with Crippen molar-refractivity contribution in [3.63, 3.8) is 0 Å². The predicted molar refractivity (Wildman–Crippen MR) is 132 cm³/mol. The molecule has 1 saturated carbocycles. The molecule has 0 spiro atoms. The number of hydrogen-bond donors (Lipinski definition) is 3. The second-order valence-electron chi connectivity index (χ2n) is 10.1. The summed E-state index contributed by atoms with van der Waals surface area (Å²) in [5.41, 5.74) is 3.59. The van der Waals surface area contributed by atoms with Gasteiger partial charge < -0.3 is 5.32 Å². The molecular formula is C26H26FN7O2. The average molecular weight is 488 g/mol. The molecule has 3 N–H and O–H groups in total. The van der Waals surface area contributed by atoms with E-state index in [1.165, 1.54) is 24.4 Å². The molecule has 1 amide bonds. The van der Waals surface area contributed by atoms with Crippen LogP contribution in [0.3, 0.4) is 0 Å². The Kier molecular flexibility index (Phi) is 5.95. The standard InChI is InChI=1S/C26H26FN7O2/c1-26(2,3)23-13-28-22(12-29-23)25(36)30-21-9-15(6-7-18(21)27)19-10-16(24(35)34-33-19)8-17-11-20(32-31-17)14-4-5-14/h6-7,9-14H,4-5,8H2,1-3H3,(H,30,36)(H,31,32)(H,34,35). The molecule has 36 heavy (non-hydrogen) atoms. The van der Waals surface area contributed by atoms with Gasteiger partial charge in [-0.3, -0.25) is 19.7 Å². The van der Waals surface area contributed by atoms with E-state index in [9.17, 15) is 14.0 Å². The van der Waals surface area contributed by atoms with Crippen LogP contribution in [0.25, 0.3) is 11.3 Å². The molecule has 0 atom stereocenters. The van der Waals surface area contributed by atoms with E-state index in [0.29, 0.717) is 29.2 Å². The Hall–Kier alpha value is -4.21. The van der Waals surface area contributed by atoms with Gasteiger partial charge in [0.15, 0.2) is 0 Å². The van der Waals surface area contributed by atoms with Crippen LogP contribution in [0.1, 0.15) is 72.7 Å². The topological polar surface area (TPSA) is 129 Å². The van der Waals surface area contributed by atoms with E-state index in [1.54, 1.807) is 12.3 Å². The Morgan fingerprint density at radius 2 is 1.89 bits per heavy atom. The SMILES string of the molecule is CC(C)(C)c1cnc(C(=O)Nc2cc(-c3cc(Cc4cc(C5CC5)n[nH]4)c(=O)[nH]n3)ccc2F)cn1. The molecule has 10 heteroatoms.